The van der Waals surface area contributed by atoms with Gasteiger partial charge in [-0.3, -0.25) is 9.48 Å². The standard InChI is InChI=1S/C12H16N4O2/c1-7(2)16-8(3)5-10(14-16)12(17)13-11-6-9(4)18-15-11/h5-7H,1-4H3,(H,13,15,17). The molecule has 2 heterocycles. The molecule has 0 spiro atoms. The number of rotatable bonds is 3. The van der Waals surface area contributed by atoms with Crippen LogP contribution in [0.15, 0.2) is 16.7 Å². The van der Waals surface area contributed by atoms with Gasteiger partial charge >= 0.3 is 0 Å². The molecule has 0 unspecified atom stereocenters. The van der Waals surface area contributed by atoms with E-state index in [1.807, 2.05) is 25.5 Å². The number of amides is 1. The van der Waals surface area contributed by atoms with Crippen LogP contribution in [0, 0.1) is 13.8 Å². The fourth-order valence-electron chi connectivity index (χ4n) is 1.73. The van der Waals surface area contributed by atoms with Gasteiger partial charge in [-0.1, -0.05) is 5.16 Å². The van der Waals surface area contributed by atoms with Gasteiger partial charge in [0.1, 0.15) is 5.76 Å². The fraction of sp³-hybridized carbons (Fsp3) is 0.417. The monoisotopic (exact) mass is 248 g/mol. The Morgan fingerprint density at radius 2 is 2.11 bits per heavy atom. The molecule has 0 aliphatic heterocycles. The number of nitrogens with one attached hydrogen (secondary N) is 1. The Balaban J connectivity index is 2.16. The van der Waals surface area contributed by atoms with Crippen LogP contribution in [-0.2, 0) is 0 Å². The van der Waals surface area contributed by atoms with Crippen LogP contribution in [0.3, 0.4) is 0 Å². The van der Waals surface area contributed by atoms with Gasteiger partial charge in [-0.05, 0) is 33.8 Å². The summed E-state index contributed by atoms with van der Waals surface area (Å²) in [4.78, 5) is 11.9. The Morgan fingerprint density at radius 3 is 2.61 bits per heavy atom. The van der Waals surface area contributed by atoms with Gasteiger partial charge in [0.2, 0.25) is 0 Å². The number of anilines is 1. The number of aromatic nitrogens is 3. The molecule has 0 atom stereocenters. The molecule has 6 nitrogen and oxygen atoms in total. The molecule has 0 aromatic carbocycles. The van der Waals surface area contributed by atoms with Crippen molar-refractivity contribution < 1.29 is 9.32 Å². The largest absolute Gasteiger partial charge is 0.360 e. The molecule has 96 valence electrons. The van der Waals surface area contributed by atoms with Crippen molar-refractivity contribution in [3.8, 4) is 0 Å². The van der Waals surface area contributed by atoms with E-state index in [9.17, 15) is 4.79 Å². The normalized spacial score (nSPS) is 10.9. The summed E-state index contributed by atoms with van der Waals surface area (Å²) >= 11 is 0. The molecule has 0 radical (unpaired) electrons. The predicted molar refractivity (Wildman–Crippen MR) is 66.5 cm³/mol. The van der Waals surface area contributed by atoms with Gasteiger partial charge < -0.3 is 9.84 Å². The Bertz CT molecular complexity index is 568. The van der Waals surface area contributed by atoms with Gasteiger partial charge in [-0.2, -0.15) is 5.10 Å². The second-order valence-electron chi connectivity index (χ2n) is 4.49. The van der Waals surface area contributed by atoms with E-state index < -0.39 is 0 Å². The minimum absolute atomic E-state index is 0.223. The van der Waals surface area contributed by atoms with E-state index in [1.165, 1.54) is 0 Å². The minimum atomic E-state index is -0.286. The van der Waals surface area contributed by atoms with Crippen LogP contribution in [0.1, 0.15) is 41.8 Å². The van der Waals surface area contributed by atoms with E-state index in [1.54, 1.807) is 19.1 Å². The van der Waals surface area contributed by atoms with Crippen molar-refractivity contribution in [2.24, 2.45) is 0 Å². The van der Waals surface area contributed by atoms with Gasteiger partial charge in [0.25, 0.3) is 5.91 Å². The van der Waals surface area contributed by atoms with Crippen LogP contribution >= 0.6 is 0 Å². The van der Waals surface area contributed by atoms with Crippen molar-refractivity contribution in [3.63, 3.8) is 0 Å². The first kappa shape index (κ1) is 12.3. The molecule has 2 aromatic rings. The van der Waals surface area contributed by atoms with Crippen molar-refractivity contribution in [3.05, 3.63) is 29.3 Å². The van der Waals surface area contributed by atoms with E-state index in [0.29, 0.717) is 17.3 Å². The maximum Gasteiger partial charge on any atom is 0.277 e. The molecule has 6 heteroatoms. The topological polar surface area (TPSA) is 73.0 Å². The number of aryl methyl sites for hydroxylation is 2. The van der Waals surface area contributed by atoms with Crippen LogP contribution in [0.5, 0.6) is 0 Å². The first-order valence-electron chi connectivity index (χ1n) is 5.78. The van der Waals surface area contributed by atoms with Gasteiger partial charge in [0, 0.05) is 17.8 Å². The summed E-state index contributed by atoms with van der Waals surface area (Å²) in [5.41, 5.74) is 1.33. The molecule has 0 saturated carbocycles. The number of hydrogen-bond acceptors (Lipinski definition) is 4. The lowest BCUT2D eigenvalue weighted by Crippen LogP contribution is -2.14. The average molecular weight is 248 g/mol. The molecule has 2 rings (SSSR count). The second kappa shape index (κ2) is 4.64. The zero-order valence-corrected chi connectivity index (χ0v) is 10.9. The van der Waals surface area contributed by atoms with Gasteiger partial charge in [-0.15, -0.1) is 0 Å². The minimum Gasteiger partial charge on any atom is -0.360 e. The molecule has 0 fully saturated rings. The Labute approximate surface area is 105 Å². The van der Waals surface area contributed by atoms with Gasteiger partial charge in [0.15, 0.2) is 11.5 Å². The summed E-state index contributed by atoms with van der Waals surface area (Å²) < 4.78 is 6.69. The van der Waals surface area contributed by atoms with Crippen molar-refractivity contribution in [1.82, 2.24) is 14.9 Å². The molecular formula is C12H16N4O2. The Morgan fingerprint density at radius 1 is 1.39 bits per heavy atom. The van der Waals surface area contributed by atoms with Crippen LogP contribution in [0.2, 0.25) is 0 Å². The number of hydrogen-bond donors (Lipinski definition) is 1. The second-order valence-corrected chi connectivity index (χ2v) is 4.49. The lowest BCUT2D eigenvalue weighted by Gasteiger charge is -2.06. The van der Waals surface area contributed by atoms with Gasteiger partial charge in [-0.25, -0.2) is 0 Å². The van der Waals surface area contributed by atoms with Crippen LogP contribution < -0.4 is 5.32 Å². The van der Waals surface area contributed by atoms with Crippen molar-refractivity contribution in [1.29, 1.82) is 0 Å². The lowest BCUT2D eigenvalue weighted by molar-refractivity contribution is 0.102. The number of nitrogens with zero attached hydrogens (tertiary/aromatic N) is 3. The summed E-state index contributed by atoms with van der Waals surface area (Å²) in [6.45, 7) is 7.72. The third-order valence-corrected chi connectivity index (χ3v) is 2.51. The summed E-state index contributed by atoms with van der Waals surface area (Å²) in [6.07, 6.45) is 0. The summed E-state index contributed by atoms with van der Waals surface area (Å²) in [5.74, 6) is 0.759. The maximum absolute atomic E-state index is 11.9. The van der Waals surface area contributed by atoms with Crippen molar-refractivity contribution in [2.75, 3.05) is 5.32 Å². The highest BCUT2D eigenvalue weighted by atomic mass is 16.5. The molecule has 0 aliphatic rings. The number of carbonyl (C=O) groups excluding carboxylic acids is 1. The zero-order valence-electron chi connectivity index (χ0n) is 10.9. The Hall–Kier alpha value is -2.11. The average Bonchev–Trinajstić information content (AvgIpc) is 2.85. The molecule has 0 saturated heterocycles. The van der Waals surface area contributed by atoms with E-state index in [4.69, 9.17) is 4.52 Å². The number of carbonyl (C=O) groups is 1. The molecule has 1 N–H and O–H groups in total. The van der Waals surface area contributed by atoms with Crippen molar-refractivity contribution >= 4 is 11.7 Å². The highest BCUT2D eigenvalue weighted by molar-refractivity contribution is 6.02. The van der Waals surface area contributed by atoms with Gasteiger partial charge in [0.05, 0.1) is 0 Å². The molecule has 0 aliphatic carbocycles. The highest BCUT2D eigenvalue weighted by Gasteiger charge is 2.15. The summed E-state index contributed by atoms with van der Waals surface area (Å²) in [6, 6.07) is 3.63. The van der Waals surface area contributed by atoms with Crippen LogP contribution in [-0.4, -0.2) is 20.8 Å². The van der Waals surface area contributed by atoms with E-state index in [-0.39, 0.29) is 11.9 Å². The van der Waals surface area contributed by atoms with E-state index >= 15 is 0 Å². The molecule has 1 amide bonds. The molecule has 2 aromatic heterocycles. The third-order valence-electron chi connectivity index (χ3n) is 2.51. The SMILES string of the molecule is Cc1cc(NC(=O)c2cc(C)n(C(C)C)n2)no1. The van der Waals surface area contributed by atoms with Crippen LogP contribution in [0.25, 0.3) is 0 Å². The van der Waals surface area contributed by atoms with E-state index in [2.05, 4.69) is 15.6 Å². The predicted octanol–water partition coefficient (Wildman–Crippen LogP) is 2.32. The Kier molecular flexibility index (Phi) is 3.18. The zero-order chi connectivity index (χ0) is 13.3. The lowest BCUT2D eigenvalue weighted by atomic mass is 10.3. The molecular weight excluding hydrogens is 232 g/mol. The first-order valence-corrected chi connectivity index (χ1v) is 5.78. The fourth-order valence-corrected chi connectivity index (χ4v) is 1.73. The third kappa shape index (κ3) is 2.42. The highest BCUT2D eigenvalue weighted by Crippen LogP contribution is 2.12. The maximum atomic E-state index is 11.9. The molecule has 18 heavy (non-hydrogen) atoms. The van der Waals surface area contributed by atoms with E-state index in [0.717, 1.165) is 5.69 Å². The first-order chi connectivity index (χ1) is 8.47. The smallest absolute Gasteiger partial charge is 0.277 e. The molecule has 0 bridgehead atoms. The summed E-state index contributed by atoms with van der Waals surface area (Å²) in [7, 11) is 0. The summed E-state index contributed by atoms with van der Waals surface area (Å²) in [5, 5.41) is 10.6. The van der Waals surface area contributed by atoms with Crippen molar-refractivity contribution in [2.45, 2.75) is 33.7 Å². The quantitative estimate of drug-likeness (QED) is 0.904. The van der Waals surface area contributed by atoms with Crippen LogP contribution in [0.4, 0.5) is 5.82 Å².